The van der Waals surface area contributed by atoms with Gasteiger partial charge in [-0.3, -0.25) is 38.4 Å². The van der Waals surface area contributed by atoms with Crippen molar-refractivity contribution in [3.63, 3.8) is 0 Å². The van der Waals surface area contributed by atoms with Crippen molar-refractivity contribution >= 4 is 58.7 Å². The molecule has 3 N–H and O–H groups in total. The van der Waals surface area contributed by atoms with Crippen LogP contribution >= 0.6 is 0 Å². The number of aliphatic hydroxyl groups is 3. The second-order valence-electron chi connectivity index (χ2n) is 32.8. The van der Waals surface area contributed by atoms with Crippen molar-refractivity contribution in [2.45, 2.75) is 283 Å². The van der Waals surface area contributed by atoms with Crippen molar-refractivity contribution in [2.75, 3.05) is 47.6 Å². The van der Waals surface area contributed by atoms with E-state index >= 15 is 0 Å². The van der Waals surface area contributed by atoms with Crippen LogP contribution in [0, 0.1) is 52.3 Å². The van der Waals surface area contributed by atoms with Crippen molar-refractivity contribution < 1.29 is 101 Å². The van der Waals surface area contributed by atoms with Crippen molar-refractivity contribution in [3.8, 4) is 0 Å². The first-order valence-corrected chi connectivity index (χ1v) is 39.7. The van der Waals surface area contributed by atoms with Gasteiger partial charge in [-0.25, -0.2) is 9.59 Å². The van der Waals surface area contributed by atoms with Gasteiger partial charge in [0, 0.05) is 126 Å². The molecular weight excluding hydrogens is 1370 g/mol. The van der Waals surface area contributed by atoms with Gasteiger partial charge in [0.15, 0.2) is 11.5 Å². The minimum absolute atomic E-state index is 0.0189. The van der Waals surface area contributed by atoms with E-state index in [-0.39, 0.29) is 116 Å². The van der Waals surface area contributed by atoms with Crippen LogP contribution in [0.3, 0.4) is 0 Å². The van der Waals surface area contributed by atoms with E-state index in [9.17, 15) is 63.3 Å². The molecule has 1 unspecified atom stereocenters. The Balaban J connectivity index is 0.815. The van der Waals surface area contributed by atoms with Gasteiger partial charge in [0.1, 0.15) is 54.2 Å². The number of carbonyl (C=O) groups excluding carboxylic acids is 10. The molecule has 2 bridgehead atoms. The van der Waals surface area contributed by atoms with E-state index in [0.717, 1.165) is 24.8 Å². The van der Waals surface area contributed by atoms with Gasteiger partial charge in [-0.2, -0.15) is 0 Å². The largest absolute Gasteiger partial charge is 0.504 e. The molecule has 0 spiro atoms. The highest BCUT2D eigenvalue weighted by molar-refractivity contribution is 6.39. The predicted octanol–water partition coefficient (Wildman–Crippen LogP) is 11.4. The number of amides is 1. The first-order valence-electron chi connectivity index (χ1n) is 39.7. The fraction of sp³-hybridized carbons (Fsp3) is 0.714. The van der Waals surface area contributed by atoms with Crippen LogP contribution in [0.1, 0.15) is 223 Å². The Morgan fingerprint density at radius 2 is 1.44 bits per heavy atom. The lowest BCUT2D eigenvalue weighted by Crippen LogP contribution is -2.61. The van der Waals surface area contributed by atoms with Crippen molar-refractivity contribution in [1.29, 1.82) is 0 Å². The SMILES string of the molecule is COC[C@H]1OC(=O)/C(=C/N2CCCCC2)C2=C(O)C(=O)C3=C([C@H](OC(=O)CCCCCCC(=O)OC4CCC(C[C@@H](C)[C@@H]5CC(=O)[C@H](C)/C=C(\C)[C@@H](O)[C@@H](OC)C(=O)[C@H](C)C[C@H](C)/C=C/C=C/C=C(\C)[C@@H](OC)C[C@@H]6CC[C@@H](C)[C@@](O)(O6)C(=O)C(=O)N6CCCCC6C(=O)O5)CC4)C[C@]4(C)C(=O)CC[C@@H]34)[C@]21C. The fourth-order valence-electron chi connectivity index (χ4n) is 18.4. The van der Waals surface area contributed by atoms with Crippen LogP contribution in [0.25, 0.3) is 0 Å². The van der Waals surface area contributed by atoms with E-state index in [1.54, 1.807) is 60.9 Å². The number of aliphatic hydroxyl groups excluding tert-OH is 2. The molecule has 592 valence electrons. The number of allylic oxidation sites excluding steroid dienone is 7. The Labute approximate surface area is 632 Å². The molecule has 0 radical (unpaired) electrons. The van der Waals surface area contributed by atoms with E-state index in [4.69, 9.17) is 37.9 Å². The molecule has 23 nitrogen and oxygen atoms in total. The standard InChI is InChI=1S/C84H120N2O21/c1-49-25-17-15-18-26-50(2)63(101-11)44-58-33-30-55(7)84(99,107-58)78(95)79(96)86-40-24-21-27-61(86)81(98)105-64(45-62(87)51(3)42-54(6)74(92)77(102-12)73(91)53(5)41-49)52(4)43-56-31-34-57(35-32-56)103-68(89)28-19-13-14-20-29-69(90)104-65-46-82(8)60(36-37-66(82)88)70-72(65)83(9)67(48-100-10)106-80(97)59(71(83)76(94)75(70)93)47-85-38-22-16-23-39-85/h15,17-18,25-26,42,47,49,51-53,55-58,60-61,63-65,67,74,77,92,94,99H,13-14,16,19-24,27-41,43-46,48H2,1-12H3/b18-15+,25-17+,50-26+,54-42+,59-47+/t49-,51-,52-,53-,55-,56?,57?,58+,60+,61?,63+,64+,65-,67-,74-,77+,82+,83+,84-/m1/s1. The van der Waals surface area contributed by atoms with Gasteiger partial charge in [0.25, 0.3) is 11.7 Å². The Bertz CT molecular complexity index is 3510. The number of carbonyl (C=O) groups is 10. The molecule has 107 heavy (non-hydrogen) atoms. The van der Waals surface area contributed by atoms with Crippen LogP contribution < -0.4 is 0 Å². The smallest absolute Gasteiger partial charge is 0.340 e. The van der Waals surface area contributed by atoms with Gasteiger partial charge < -0.3 is 63.0 Å². The molecule has 5 heterocycles. The molecule has 4 saturated heterocycles. The van der Waals surface area contributed by atoms with Crippen LogP contribution in [0.15, 0.2) is 81.9 Å². The van der Waals surface area contributed by atoms with E-state index in [1.165, 1.54) is 19.1 Å². The van der Waals surface area contributed by atoms with Crippen molar-refractivity contribution in [3.05, 3.63) is 81.9 Å². The molecule has 5 aliphatic heterocycles. The number of rotatable bonds is 17. The minimum Gasteiger partial charge on any atom is -0.504 e. The molecule has 0 aromatic heterocycles. The number of hydrogen-bond acceptors (Lipinski definition) is 22. The summed E-state index contributed by atoms with van der Waals surface area (Å²) in [4.78, 5) is 145. The lowest BCUT2D eigenvalue weighted by Gasteiger charge is -2.53. The molecule has 2 saturated carbocycles. The maximum absolute atomic E-state index is 14.8. The lowest BCUT2D eigenvalue weighted by atomic mass is 9.53. The van der Waals surface area contributed by atoms with Crippen LogP contribution in [0.4, 0.5) is 0 Å². The second-order valence-corrected chi connectivity index (χ2v) is 32.8. The van der Waals surface area contributed by atoms with Crippen LogP contribution in [-0.2, 0) is 85.8 Å². The summed E-state index contributed by atoms with van der Waals surface area (Å²) in [6.45, 7) is 17.5. The van der Waals surface area contributed by atoms with Crippen LogP contribution in [-0.4, -0.2) is 192 Å². The quantitative estimate of drug-likeness (QED) is 0.0304. The van der Waals surface area contributed by atoms with E-state index in [2.05, 4.69) is 0 Å². The van der Waals surface area contributed by atoms with Crippen LogP contribution in [0.2, 0.25) is 0 Å². The summed E-state index contributed by atoms with van der Waals surface area (Å²) in [6, 6.07) is -1.21. The highest BCUT2D eigenvalue weighted by Gasteiger charge is 2.65. The maximum atomic E-state index is 14.8. The van der Waals surface area contributed by atoms with Gasteiger partial charge in [0.05, 0.1) is 29.8 Å². The number of ketones is 5. The normalized spacial score (nSPS) is 37.3. The number of unbranched alkanes of at least 4 members (excludes halogenated alkanes) is 3. The summed E-state index contributed by atoms with van der Waals surface area (Å²) in [5, 5.41) is 35.8. The van der Waals surface area contributed by atoms with Gasteiger partial charge >= 0.3 is 23.9 Å². The number of Topliss-reactive ketones (excluding diaryl/α,β-unsaturated/α-hetero) is 5. The van der Waals surface area contributed by atoms with E-state index in [0.29, 0.717) is 121 Å². The number of piperidine rings is 2. The van der Waals surface area contributed by atoms with Crippen molar-refractivity contribution in [2.24, 2.45) is 52.3 Å². The zero-order valence-corrected chi connectivity index (χ0v) is 65.4. The number of esters is 4. The average molecular weight is 1490 g/mol. The third-order valence-electron chi connectivity index (χ3n) is 25.0. The molecule has 6 fully saturated rings. The summed E-state index contributed by atoms with van der Waals surface area (Å²) >= 11 is 0. The third-order valence-corrected chi connectivity index (χ3v) is 25.0. The summed E-state index contributed by atoms with van der Waals surface area (Å²) < 4.78 is 48.3. The molecule has 23 heteroatoms. The van der Waals surface area contributed by atoms with Gasteiger partial charge in [-0.1, -0.05) is 90.8 Å². The number of ether oxygens (including phenoxy) is 8. The predicted molar refractivity (Wildman–Crippen MR) is 396 cm³/mol. The molecule has 9 rings (SSSR count). The van der Waals surface area contributed by atoms with Crippen molar-refractivity contribution in [1.82, 2.24) is 9.80 Å². The Kier molecular flexibility index (Phi) is 29.4. The summed E-state index contributed by atoms with van der Waals surface area (Å²) in [5.41, 5.74) is -0.340. The second kappa shape index (κ2) is 37.3. The molecule has 17 atom stereocenters. The van der Waals surface area contributed by atoms with Gasteiger partial charge in [-0.05, 0) is 164 Å². The first-order chi connectivity index (χ1) is 50.9. The van der Waals surface area contributed by atoms with Gasteiger partial charge in [-0.15, -0.1) is 0 Å². The highest BCUT2D eigenvalue weighted by atomic mass is 16.6. The number of cyclic esters (lactones) is 2. The lowest BCUT2D eigenvalue weighted by molar-refractivity contribution is -0.265. The Hall–Kier alpha value is -6.76. The molecule has 0 aromatic rings. The maximum Gasteiger partial charge on any atom is 0.340 e. The Morgan fingerprint density at radius 3 is 2.11 bits per heavy atom. The molecule has 1 amide bonds. The molecule has 0 aromatic carbocycles. The monoisotopic (exact) mass is 1490 g/mol. The van der Waals surface area contributed by atoms with E-state index in [1.807, 2.05) is 56.1 Å². The number of fused-ring (bicyclic) bond motifs is 7. The number of methoxy groups -OCH3 is 3. The molecule has 9 aliphatic rings. The summed E-state index contributed by atoms with van der Waals surface area (Å²) in [5.74, 6) is -11.9. The zero-order valence-electron chi connectivity index (χ0n) is 65.4. The van der Waals surface area contributed by atoms with E-state index < -0.39 is 136 Å². The fourth-order valence-corrected chi connectivity index (χ4v) is 18.4. The third kappa shape index (κ3) is 19.3. The number of likely N-dealkylation sites (tertiary alicyclic amines) is 1. The number of nitrogens with zero attached hydrogens (tertiary/aromatic N) is 2. The minimum atomic E-state index is -2.48. The average Bonchev–Trinajstić information content (AvgIpc) is 1.67. The summed E-state index contributed by atoms with van der Waals surface area (Å²) in [7, 11) is 4.40. The van der Waals surface area contributed by atoms with Crippen LogP contribution in [0.5, 0.6) is 0 Å². The first kappa shape index (κ1) is 84.3. The number of hydrogen-bond donors (Lipinski definition) is 3. The molecule has 4 aliphatic carbocycles. The van der Waals surface area contributed by atoms with Gasteiger partial charge in [0.2, 0.25) is 11.6 Å². The zero-order chi connectivity index (χ0) is 77.8. The highest BCUT2D eigenvalue weighted by Crippen LogP contribution is 2.63. The summed E-state index contributed by atoms with van der Waals surface area (Å²) in [6.07, 6.45) is 17.2. The Morgan fingerprint density at radius 1 is 0.757 bits per heavy atom. The molecular formula is C84H120N2O21. The topological polar surface area (TPSA) is 312 Å².